The molecule has 0 spiro atoms. The van der Waals surface area contributed by atoms with Gasteiger partial charge in [-0.05, 0) is 61.2 Å². The van der Waals surface area contributed by atoms with Crippen molar-refractivity contribution in [2.45, 2.75) is 31.2 Å². The minimum absolute atomic E-state index is 0.0964. The molecule has 2 N–H and O–H groups in total. The fourth-order valence-corrected chi connectivity index (χ4v) is 5.49. The predicted octanol–water partition coefficient (Wildman–Crippen LogP) is 4.19. The highest BCUT2D eigenvalue weighted by Crippen LogP contribution is 2.50. The molecule has 1 amide bonds. The van der Waals surface area contributed by atoms with Crippen LogP contribution in [0, 0.1) is 5.92 Å². The van der Waals surface area contributed by atoms with E-state index in [4.69, 9.17) is 0 Å². The van der Waals surface area contributed by atoms with Gasteiger partial charge in [0, 0.05) is 39.8 Å². The van der Waals surface area contributed by atoms with Crippen LogP contribution in [0.2, 0.25) is 0 Å². The van der Waals surface area contributed by atoms with E-state index in [0.29, 0.717) is 17.5 Å². The van der Waals surface area contributed by atoms with Crippen LogP contribution >= 0.6 is 11.3 Å². The summed E-state index contributed by atoms with van der Waals surface area (Å²) in [5, 5.41) is 12.5. The average Bonchev–Trinajstić information content (AvgIpc) is 3.78. The van der Waals surface area contributed by atoms with E-state index in [0.717, 1.165) is 33.8 Å². The molecule has 2 atom stereocenters. The maximum Gasteiger partial charge on any atom is 0.307 e. The standard InChI is InChI=1S/C26H21N3O4S/c30-23-17-5-2-10-27-24(17)29(13-20(23)25(31)28-15-6-7-15)16-4-1-3-14(11-16)21-8-9-22(34-21)18-12-19(18)26(32)33/h1-5,8-11,13,15,18-19H,6-7,12H2,(H,28,31)(H,32,33)/t18-,19-/m1/s1. The number of pyridine rings is 2. The van der Waals surface area contributed by atoms with Gasteiger partial charge in [-0.3, -0.25) is 14.4 Å². The van der Waals surface area contributed by atoms with E-state index < -0.39 is 5.97 Å². The minimum Gasteiger partial charge on any atom is -0.481 e. The monoisotopic (exact) mass is 471 g/mol. The Hall–Kier alpha value is -3.78. The van der Waals surface area contributed by atoms with Crippen molar-refractivity contribution in [2.75, 3.05) is 0 Å². The van der Waals surface area contributed by atoms with Crippen molar-refractivity contribution in [1.29, 1.82) is 0 Å². The quantitative estimate of drug-likeness (QED) is 0.439. The number of benzene rings is 1. The summed E-state index contributed by atoms with van der Waals surface area (Å²) in [6, 6.07) is 15.4. The molecule has 8 heteroatoms. The molecule has 3 heterocycles. The number of thiophene rings is 1. The van der Waals surface area contributed by atoms with E-state index in [9.17, 15) is 19.5 Å². The van der Waals surface area contributed by atoms with Crippen molar-refractivity contribution in [1.82, 2.24) is 14.9 Å². The van der Waals surface area contributed by atoms with Crippen molar-refractivity contribution in [2.24, 2.45) is 5.92 Å². The Morgan fingerprint density at radius 1 is 1.12 bits per heavy atom. The third kappa shape index (κ3) is 3.70. The van der Waals surface area contributed by atoms with Crippen LogP contribution in [0.15, 0.2) is 65.7 Å². The smallest absolute Gasteiger partial charge is 0.307 e. The molecule has 4 aromatic rings. The third-order valence-corrected chi connectivity index (χ3v) is 7.69. The fourth-order valence-electron chi connectivity index (χ4n) is 4.31. The van der Waals surface area contributed by atoms with E-state index in [1.807, 2.05) is 36.4 Å². The number of hydrogen-bond acceptors (Lipinski definition) is 5. The molecule has 0 bridgehead atoms. The molecule has 34 heavy (non-hydrogen) atoms. The fraction of sp³-hybridized carbons (Fsp3) is 0.231. The van der Waals surface area contributed by atoms with E-state index >= 15 is 0 Å². The molecule has 6 rings (SSSR count). The second kappa shape index (κ2) is 7.92. The molecule has 0 saturated heterocycles. The summed E-state index contributed by atoms with van der Waals surface area (Å²) in [6.07, 6.45) is 5.78. The van der Waals surface area contributed by atoms with E-state index in [1.165, 1.54) is 0 Å². The van der Waals surface area contributed by atoms with Crippen LogP contribution in [0.3, 0.4) is 0 Å². The van der Waals surface area contributed by atoms with Gasteiger partial charge in [-0.15, -0.1) is 11.3 Å². The lowest BCUT2D eigenvalue weighted by atomic mass is 10.1. The number of hydrogen-bond donors (Lipinski definition) is 2. The molecule has 0 unspecified atom stereocenters. The lowest BCUT2D eigenvalue weighted by Crippen LogP contribution is -2.31. The van der Waals surface area contributed by atoms with Gasteiger partial charge in [-0.25, -0.2) is 4.98 Å². The normalized spacial score (nSPS) is 19.2. The first-order chi connectivity index (χ1) is 16.5. The van der Waals surface area contributed by atoms with Crippen LogP contribution in [-0.4, -0.2) is 32.6 Å². The first-order valence-electron chi connectivity index (χ1n) is 11.2. The highest BCUT2D eigenvalue weighted by atomic mass is 32.1. The summed E-state index contributed by atoms with van der Waals surface area (Å²) in [5.74, 6) is -1.28. The Labute approximate surface area is 198 Å². The number of nitrogens with zero attached hydrogens (tertiary/aromatic N) is 2. The molecule has 0 aliphatic heterocycles. The molecule has 170 valence electrons. The topological polar surface area (TPSA) is 101 Å². The number of carbonyl (C=O) groups excluding carboxylic acids is 1. The number of rotatable bonds is 6. The number of nitrogens with one attached hydrogen (secondary N) is 1. The van der Waals surface area contributed by atoms with Gasteiger partial charge in [-0.1, -0.05) is 12.1 Å². The zero-order valence-corrected chi connectivity index (χ0v) is 18.9. The van der Waals surface area contributed by atoms with Gasteiger partial charge in [0.05, 0.1) is 11.3 Å². The highest BCUT2D eigenvalue weighted by molar-refractivity contribution is 7.15. The molecule has 7 nitrogen and oxygen atoms in total. The van der Waals surface area contributed by atoms with Crippen LogP contribution in [0.4, 0.5) is 0 Å². The number of carboxylic acid groups (broad SMARTS) is 1. The van der Waals surface area contributed by atoms with Gasteiger partial charge in [0.15, 0.2) is 0 Å². The number of aliphatic carboxylic acids is 1. The van der Waals surface area contributed by atoms with Crippen LogP contribution in [0.5, 0.6) is 0 Å². The highest BCUT2D eigenvalue weighted by Gasteiger charge is 2.45. The van der Waals surface area contributed by atoms with Gasteiger partial charge in [0.2, 0.25) is 5.43 Å². The van der Waals surface area contributed by atoms with Crippen LogP contribution < -0.4 is 10.7 Å². The number of carbonyl (C=O) groups is 2. The van der Waals surface area contributed by atoms with Crippen molar-refractivity contribution in [3.63, 3.8) is 0 Å². The Balaban J connectivity index is 1.41. The van der Waals surface area contributed by atoms with Crippen molar-refractivity contribution in [3.8, 4) is 16.1 Å². The average molecular weight is 472 g/mol. The summed E-state index contributed by atoms with van der Waals surface area (Å²) >= 11 is 1.61. The van der Waals surface area contributed by atoms with Gasteiger partial charge in [0.1, 0.15) is 11.2 Å². The van der Waals surface area contributed by atoms with E-state index in [-0.39, 0.29) is 34.8 Å². The van der Waals surface area contributed by atoms with Gasteiger partial charge in [0.25, 0.3) is 5.91 Å². The lowest BCUT2D eigenvalue weighted by molar-refractivity contribution is -0.138. The minimum atomic E-state index is -0.735. The van der Waals surface area contributed by atoms with Crippen LogP contribution in [-0.2, 0) is 4.79 Å². The molecule has 2 aliphatic carbocycles. The number of carboxylic acids is 1. The first-order valence-corrected chi connectivity index (χ1v) is 12.1. The second-order valence-electron chi connectivity index (χ2n) is 8.90. The Bertz CT molecular complexity index is 1520. The molecule has 2 saturated carbocycles. The SMILES string of the molecule is O=C(NC1CC1)c1cn(-c2cccc(-c3ccc([C@@H]4C[C@H]4C(=O)O)s3)c2)c2ncccc2c1=O. The summed E-state index contributed by atoms with van der Waals surface area (Å²) in [4.78, 5) is 43.6. The Morgan fingerprint density at radius 3 is 2.74 bits per heavy atom. The zero-order chi connectivity index (χ0) is 23.4. The molecular weight excluding hydrogens is 450 g/mol. The van der Waals surface area contributed by atoms with Crippen molar-refractivity contribution in [3.05, 3.63) is 81.6 Å². The van der Waals surface area contributed by atoms with Gasteiger partial charge in [-0.2, -0.15) is 0 Å². The number of amides is 1. The summed E-state index contributed by atoms with van der Waals surface area (Å²) in [5.41, 5.74) is 2.03. The third-order valence-electron chi connectivity index (χ3n) is 6.43. The van der Waals surface area contributed by atoms with E-state index in [2.05, 4.69) is 10.3 Å². The zero-order valence-electron chi connectivity index (χ0n) is 18.1. The van der Waals surface area contributed by atoms with Crippen molar-refractivity contribution >= 4 is 34.2 Å². The summed E-state index contributed by atoms with van der Waals surface area (Å²) in [6.45, 7) is 0. The van der Waals surface area contributed by atoms with E-state index in [1.54, 1.807) is 40.4 Å². The predicted molar refractivity (Wildman–Crippen MR) is 130 cm³/mol. The van der Waals surface area contributed by atoms with Crippen LogP contribution in [0.1, 0.15) is 40.4 Å². The Morgan fingerprint density at radius 2 is 1.97 bits per heavy atom. The van der Waals surface area contributed by atoms with Gasteiger partial charge >= 0.3 is 5.97 Å². The molecule has 2 fully saturated rings. The Kier molecular flexibility index (Phi) is 4.84. The van der Waals surface area contributed by atoms with Crippen molar-refractivity contribution < 1.29 is 14.7 Å². The second-order valence-corrected chi connectivity index (χ2v) is 10.0. The molecule has 1 aromatic carbocycles. The lowest BCUT2D eigenvalue weighted by Gasteiger charge is -2.13. The summed E-state index contributed by atoms with van der Waals surface area (Å²) < 4.78 is 1.79. The molecular formula is C26H21N3O4S. The molecule has 2 aliphatic rings. The van der Waals surface area contributed by atoms with Crippen LogP contribution in [0.25, 0.3) is 27.2 Å². The molecule has 3 aromatic heterocycles. The number of fused-ring (bicyclic) bond motifs is 1. The molecule has 0 radical (unpaired) electrons. The maximum absolute atomic E-state index is 13.0. The van der Waals surface area contributed by atoms with Gasteiger partial charge < -0.3 is 15.0 Å². The first kappa shape index (κ1) is 20.8. The number of aromatic nitrogens is 2. The maximum atomic E-state index is 13.0. The largest absolute Gasteiger partial charge is 0.481 e. The summed E-state index contributed by atoms with van der Waals surface area (Å²) in [7, 11) is 0.